The summed E-state index contributed by atoms with van der Waals surface area (Å²) in [5.41, 5.74) is 2.48. The van der Waals surface area contributed by atoms with Crippen LogP contribution in [-0.4, -0.2) is 135 Å². The molecule has 2 saturated heterocycles. The van der Waals surface area contributed by atoms with E-state index in [1.54, 1.807) is 54.6 Å². The molecule has 10 rings (SSSR count). The fourth-order valence-electron chi connectivity index (χ4n) is 12.4. The van der Waals surface area contributed by atoms with E-state index in [0.717, 1.165) is 5.70 Å². The maximum atomic E-state index is 13.6. The van der Waals surface area contributed by atoms with Crippen LogP contribution in [0.2, 0.25) is 0 Å². The zero-order chi connectivity index (χ0) is 58.9. The molecule has 4 heterocycles. The lowest BCUT2D eigenvalue weighted by Gasteiger charge is -2.56. The van der Waals surface area contributed by atoms with Gasteiger partial charge < -0.3 is 19.5 Å². The van der Waals surface area contributed by atoms with E-state index in [1.165, 1.54) is 24.3 Å². The third-order valence-corrected chi connectivity index (χ3v) is 19.7. The number of aliphatic hydroxyl groups is 1. The van der Waals surface area contributed by atoms with Gasteiger partial charge in [-0.05, 0) is 105 Å². The first-order valence-corrected chi connectivity index (χ1v) is 32.0. The summed E-state index contributed by atoms with van der Waals surface area (Å²) >= 11 is 0. The van der Waals surface area contributed by atoms with Crippen molar-refractivity contribution in [3.8, 4) is 0 Å². The number of likely N-dealkylation sites (N-methyl/N-ethyl adjacent to an activating group) is 2. The molecule has 432 valence electrons. The molecule has 3 fully saturated rings. The van der Waals surface area contributed by atoms with Crippen molar-refractivity contribution in [3.63, 3.8) is 0 Å². The first-order chi connectivity index (χ1) is 37.8. The standard InChI is InChI=1S/C57H63N3O17S4/c1-7-59-43-24-22-38-40(29-36(78(64,65)66)31-47(38)80(70,71)72)52(43)56(2,3)49(59)19-13-9-14-20-50-57(4,5)53-41-30-37(79(67,68)69)32-48(81(73,74)75)39(41)23-25-44(53)60(50)26-16-10-15-21-51(61)76-33-42(34-17-11-8-12-18-34)55(63)77-35-27-45-54(62)46(28-35)58(45)6/h8-9,11-14,17-20,22-25,29-32,35,42,45-46,54,62H,7,10,15-16,21,26-28,33H2,1-6H3,(H3-,64,65,66,67,68,69,70,71,72,73,74,75)/p+1/t35?,42-,45+,46?,54?/m1/s1. The molecule has 4 aliphatic heterocycles. The number of carbonyl (C=O) groups is 2. The Labute approximate surface area is 471 Å². The Hall–Kier alpha value is -6.19. The van der Waals surface area contributed by atoms with E-state index in [2.05, 4.69) is 4.90 Å². The first kappa shape index (κ1) is 59.4. The van der Waals surface area contributed by atoms with Crippen molar-refractivity contribution >= 4 is 91.0 Å². The molecule has 81 heavy (non-hydrogen) atoms. The van der Waals surface area contributed by atoms with Gasteiger partial charge in [-0.1, -0.05) is 68.5 Å². The predicted molar refractivity (Wildman–Crippen MR) is 301 cm³/mol. The molecule has 0 spiro atoms. The van der Waals surface area contributed by atoms with Gasteiger partial charge in [0.1, 0.15) is 35.0 Å². The predicted octanol–water partition coefficient (Wildman–Crippen LogP) is 7.81. The van der Waals surface area contributed by atoms with Crippen LogP contribution in [0.25, 0.3) is 21.5 Å². The topological polar surface area (TPSA) is 300 Å². The van der Waals surface area contributed by atoms with Crippen LogP contribution in [0, 0.1) is 0 Å². The molecule has 2 bridgehead atoms. The SMILES string of the molecule is CCN1C(=CC=CC=CC2=[N+](CCCCCC(=O)OC[C@@H](C(=O)OC3CC4C(O)[C@H](C3)N4C)c3ccccc3)c3ccc4c(S(=O)(=O)O)cc(S(=O)(=O)O)cc4c3C2(C)C)C(C)(C)c2c1ccc1c(S(=O)(=O)O)cc(S(=O)(=O)O)cc21. The third kappa shape index (κ3) is 11.4. The van der Waals surface area contributed by atoms with Crippen molar-refractivity contribution < 1.29 is 80.6 Å². The highest BCUT2D eigenvalue weighted by Gasteiger charge is 2.52. The van der Waals surface area contributed by atoms with Gasteiger partial charge in [-0.25, -0.2) is 0 Å². The van der Waals surface area contributed by atoms with Crippen molar-refractivity contribution in [1.82, 2.24) is 4.90 Å². The van der Waals surface area contributed by atoms with Crippen molar-refractivity contribution in [2.24, 2.45) is 0 Å². The van der Waals surface area contributed by atoms with Crippen LogP contribution in [0.1, 0.15) is 95.8 Å². The highest BCUT2D eigenvalue weighted by atomic mass is 32.2. The smallest absolute Gasteiger partial charge is 0.317 e. The van der Waals surface area contributed by atoms with Crippen molar-refractivity contribution in [1.29, 1.82) is 0 Å². The van der Waals surface area contributed by atoms with Gasteiger partial charge in [0.2, 0.25) is 5.69 Å². The van der Waals surface area contributed by atoms with E-state index in [1.807, 2.05) is 69.4 Å². The number of benzene rings is 5. The fraction of sp³-hybridized carbons (Fsp3) is 0.386. The summed E-state index contributed by atoms with van der Waals surface area (Å²) in [6, 6.07) is 18.8. The lowest BCUT2D eigenvalue weighted by atomic mass is 9.76. The lowest BCUT2D eigenvalue weighted by molar-refractivity contribution is -0.438. The van der Waals surface area contributed by atoms with E-state index < -0.39 is 94.8 Å². The second-order valence-electron chi connectivity index (χ2n) is 22.0. The van der Waals surface area contributed by atoms with Gasteiger partial charge in [0.05, 0.1) is 21.3 Å². The Balaban J connectivity index is 0.971. The van der Waals surface area contributed by atoms with Crippen molar-refractivity contribution in [2.45, 2.75) is 134 Å². The Morgan fingerprint density at radius 1 is 0.704 bits per heavy atom. The maximum absolute atomic E-state index is 13.6. The summed E-state index contributed by atoms with van der Waals surface area (Å²) in [6.45, 7) is 9.93. The summed E-state index contributed by atoms with van der Waals surface area (Å²) in [7, 11) is -17.9. The zero-order valence-corrected chi connectivity index (χ0v) is 48.5. The number of fused-ring (bicyclic) bond motifs is 8. The minimum atomic E-state index is -5.01. The monoisotopic (exact) mass is 1190 g/mol. The van der Waals surface area contributed by atoms with Crippen LogP contribution < -0.4 is 4.90 Å². The number of esters is 2. The molecule has 20 nitrogen and oxygen atoms in total. The van der Waals surface area contributed by atoms with Gasteiger partial charge in [-0.3, -0.25) is 32.7 Å². The maximum Gasteiger partial charge on any atom is 0.317 e. The second-order valence-corrected chi connectivity index (χ2v) is 27.6. The van der Waals surface area contributed by atoms with Gasteiger partial charge in [0.15, 0.2) is 5.71 Å². The average Bonchev–Trinajstić information content (AvgIpc) is 3.77. The summed E-state index contributed by atoms with van der Waals surface area (Å²) in [5.74, 6) is -1.89. The quantitative estimate of drug-likeness (QED) is 0.0173. The Morgan fingerprint density at radius 2 is 1.28 bits per heavy atom. The number of hydrogen-bond acceptors (Lipinski definition) is 15. The second kappa shape index (κ2) is 21.9. The van der Waals surface area contributed by atoms with Gasteiger partial charge in [-0.2, -0.15) is 38.2 Å². The van der Waals surface area contributed by atoms with Crippen LogP contribution in [0.5, 0.6) is 0 Å². The summed E-state index contributed by atoms with van der Waals surface area (Å²) in [5, 5.41) is 10.8. The molecule has 1 aliphatic carbocycles. The van der Waals surface area contributed by atoms with Crippen LogP contribution in [-0.2, 0) is 70.4 Å². The lowest BCUT2D eigenvalue weighted by Crippen LogP contribution is -2.71. The Morgan fingerprint density at radius 3 is 1.84 bits per heavy atom. The van der Waals surface area contributed by atoms with Gasteiger partial charge in [0.25, 0.3) is 40.5 Å². The molecule has 0 aromatic heterocycles. The van der Waals surface area contributed by atoms with Crippen LogP contribution >= 0.6 is 0 Å². The minimum absolute atomic E-state index is 0.0182. The fourth-order valence-corrected chi connectivity index (χ4v) is 15.0. The molecule has 5 aliphatic rings. The van der Waals surface area contributed by atoms with E-state index >= 15 is 0 Å². The number of allylic oxidation sites excluding steroid dienone is 6. The molecule has 5 N–H and O–H groups in total. The van der Waals surface area contributed by atoms with Crippen molar-refractivity contribution in [2.75, 3.05) is 31.6 Å². The molecule has 0 amide bonds. The molecule has 24 heteroatoms. The molecule has 1 saturated carbocycles. The zero-order valence-electron chi connectivity index (χ0n) is 45.3. The molecule has 0 radical (unpaired) electrons. The number of unbranched alkanes of at least 4 members (excludes halogenated alkanes) is 2. The van der Waals surface area contributed by atoms with Gasteiger partial charge in [-0.15, -0.1) is 0 Å². The minimum Gasteiger partial charge on any atom is -0.464 e. The van der Waals surface area contributed by atoms with Crippen LogP contribution in [0.3, 0.4) is 0 Å². The third-order valence-electron chi connectivity index (χ3n) is 16.3. The van der Waals surface area contributed by atoms with E-state index in [-0.39, 0.29) is 52.8 Å². The molecule has 5 aromatic carbocycles. The highest BCUT2D eigenvalue weighted by molar-refractivity contribution is 7.87. The Bertz CT molecular complexity index is 3980. The van der Waals surface area contributed by atoms with Crippen molar-refractivity contribution in [3.05, 3.63) is 132 Å². The van der Waals surface area contributed by atoms with E-state index in [4.69, 9.17) is 9.47 Å². The van der Waals surface area contributed by atoms with Crippen LogP contribution in [0.15, 0.2) is 135 Å². The number of ether oxygens (including phenoxy) is 2. The van der Waals surface area contributed by atoms with E-state index in [9.17, 15) is 66.6 Å². The molecular weight excluding hydrogens is 1130 g/mol. The Kier molecular flexibility index (Phi) is 16.0. The number of anilines is 1. The number of piperidine rings is 1. The summed E-state index contributed by atoms with van der Waals surface area (Å²) in [4.78, 5) is 28.1. The summed E-state index contributed by atoms with van der Waals surface area (Å²) in [6.07, 6.45) is 10.7. The first-order valence-electron chi connectivity index (χ1n) is 26.3. The van der Waals surface area contributed by atoms with Crippen LogP contribution in [0.4, 0.5) is 11.4 Å². The number of rotatable bonds is 19. The van der Waals surface area contributed by atoms with E-state index in [0.29, 0.717) is 91.1 Å². The number of carbonyl (C=O) groups excluding carboxylic acids is 2. The summed E-state index contributed by atoms with van der Waals surface area (Å²) < 4.78 is 155. The number of nitrogens with zero attached hydrogens (tertiary/aromatic N) is 3. The number of aliphatic hydroxyl groups excluding tert-OH is 1. The molecule has 5 atom stereocenters. The van der Waals surface area contributed by atoms with Gasteiger partial charge >= 0.3 is 11.9 Å². The highest BCUT2D eigenvalue weighted by Crippen LogP contribution is 2.52. The normalized spacial score (nSPS) is 21.7. The average molecular weight is 1190 g/mol. The van der Waals surface area contributed by atoms with Gasteiger partial charge in [0, 0.05) is 89.6 Å². The molecular formula is C57H64N3O17S4+. The molecule has 3 unspecified atom stereocenters. The molecule has 5 aromatic rings. The largest absolute Gasteiger partial charge is 0.464 e. The number of hydrogen-bond donors (Lipinski definition) is 5.